The number of hydrazine groups is 1. The van der Waals surface area contributed by atoms with Gasteiger partial charge < -0.3 is 10.7 Å². The third-order valence-corrected chi connectivity index (χ3v) is 4.34. The van der Waals surface area contributed by atoms with Crippen molar-refractivity contribution in [2.75, 3.05) is 11.5 Å². The molecule has 0 aromatic carbocycles. The van der Waals surface area contributed by atoms with Crippen LogP contribution in [0, 0.1) is 0 Å². The van der Waals surface area contributed by atoms with E-state index in [9.17, 15) is 8.42 Å². The van der Waals surface area contributed by atoms with Crippen LogP contribution in [0.1, 0.15) is 0 Å². The molecule has 1 heterocycles. The first-order valence-electron chi connectivity index (χ1n) is 3.56. The largest absolute Gasteiger partial charge is 0.356 e. The first-order valence-corrected chi connectivity index (χ1v) is 6.23. The zero-order valence-electron chi connectivity index (χ0n) is 6.66. The van der Waals surface area contributed by atoms with E-state index in [1.54, 1.807) is 0 Å². The lowest BCUT2D eigenvalue weighted by molar-refractivity contribution is 0.600. The maximum Gasteiger partial charge on any atom is 0.180 e. The summed E-state index contributed by atoms with van der Waals surface area (Å²) in [4.78, 5) is 0. The molecule has 8 heteroatoms. The van der Waals surface area contributed by atoms with Crippen molar-refractivity contribution < 1.29 is 8.42 Å². The zero-order chi connectivity index (χ0) is 10.1. The van der Waals surface area contributed by atoms with E-state index >= 15 is 0 Å². The van der Waals surface area contributed by atoms with E-state index in [1.807, 2.05) is 0 Å². The number of nitrogens with two attached hydrogens (primary N) is 1. The number of halogens is 1. The Morgan fingerprint density at radius 3 is 2.54 bits per heavy atom. The first-order chi connectivity index (χ1) is 5.94. The van der Waals surface area contributed by atoms with Gasteiger partial charge in [0, 0.05) is 0 Å². The number of rotatable bonds is 1. The van der Waals surface area contributed by atoms with Crippen LogP contribution in [0.5, 0.6) is 0 Å². The van der Waals surface area contributed by atoms with Crippen molar-refractivity contribution >= 4 is 38.8 Å². The molecular formula is C5H10ClN3O2S2. The van der Waals surface area contributed by atoms with Crippen LogP contribution in [-0.2, 0) is 9.84 Å². The summed E-state index contributed by atoms with van der Waals surface area (Å²) in [5.74, 6) is 5.01. The maximum absolute atomic E-state index is 11.1. The zero-order valence-corrected chi connectivity index (χ0v) is 9.05. The Balaban J connectivity index is 2.59. The molecule has 1 saturated heterocycles. The predicted octanol–water partition coefficient (Wildman–Crippen LogP) is -1.27. The summed E-state index contributed by atoms with van der Waals surface area (Å²) in [7, 11) is -3.02. The lowest BCUT2D eigenvalue weighted by Crippen LogP contribution is -2.48. The van der Waals surface area contributed by atoms with Gasteiger partial charge in [-0.15, -0.1) is 11.6 Å². The highest BCUT2D eigenvalue weighted by molar-refractivity contribution is 7.91. The Hall–Kier alpha value is -0.110. The second kappa shape index (κ2) is 3.95. The van der Waals surface area contributed by atoms with Crippen molar-refractivity contribution in [2.24, 2.45) is 5.84 Å². The number of hydrogen-bond donors (Lipinski definition) is 3. The normalized spacial score (nSPS) is 31.2. The molecule has 0 spiro atoms. The van der Waals surface area contributed by atoms with Gasteiger partial charge in [0.05, 0.1) is 22.9 Å². The summed E-state index contributed by atoms with van der Waals surface area (Å²) >= 11 is 10.5. The number of thiocarbonyl (C=S) groups is 1. The molecule has 0 aromatic heterocycles. The number of alkyl halides is 1. The third-order valence-electron chi connectivity index (χ3n) is 1.73. The van der Waals surface area contributed by atoms with Crippen molar-refractivity contribution in [1.29, 1.82) is 0 Å². The highest BCUT2D eigenvalue weighted by Gasteiger charge is 2.36. The van der Waals surface area contributed by atoms with Crippen LogP contribution in [-0.4, -0.2) is 36.5 Å². The van der Waals surface area contributed by atoms with Crippen molar-refractivity contribution in [3.63, 3.8) is 0 Å². The second-order valence-corrected chi connectivity index (χ2v) is 5.94. The van der Waals surface area contributed by atoms with E-state index in [-0.39, 0.29) is 22.7 Å². The van der Waals surface area contributed by atoms with Crippen molar-refractivity contribution in [1.82, 2.24) is 10.7 Å². The third kappa shape index (κ3) is 2.94. The number of sulfone groups is 1. The van der Waals surface area contributed by atoms with Gasteiger partial charge in [0.25, 0.3) is 0 Å². The van der Waals surface area contributed by atoms with Gasteiger partial charge in [-0.3, -0.25) is 0 Å². The van der Waals surface area contributed by atoms with Gasteiger partial charge in [-0.05, 0) is 12.2 Å². The lowest BCUT2D eigenvalue weighted by atomic mass is 10.3. The smallest absolute Gasteiger partial charge is 0.180 e. The summed E-state index contributed by atoms with van der Waals surface area (Å²) in [6.07, 6.45) is 0. The average molecular weight is 244 g/mol. The van der Waals surface area contributed by atoms with Crippen LogP contribution < -0.4 is 16.6 Å². The van der Waals surface area contributed by atoms with Gasteiger partial charge in [0.2, 0.25) is 0 Å². The molecule has 1 aliphatic rings. The Labute approximate surface area is 86.9 Å². The molecule has 13 heavy (non-hydrogen) atoms. The first kappa shape index (κ1) is 11.0. The molecule has 0 radical (unpaired) electrons. The van der Waals surface area contributed by atoms with E-state index in [0.29, 0.717) is 0 Å². The fourth-order valence-electron chi connectivity index (χ4n) is 1.15. The van der Waals surface area contributed by atoms with E-state index in [0.717, 1.165) is 0 Å². The molecule has 0 aromatic rings. The molecule has 0 aliphatic carbocycles. The minimum Gasteiger partial charge on any atom is -0.356 e. The quantitative estimate of drug-likeness (QED) is 0.231. The van der Waals surface area contributed by atoms with Crippen LogP contribution in [0.15, 0.2) is 0 Å². The Bertz CT molecular complexity index is 305. The molecule has 0 saturated carbocycles. The lowest BCUT2D eigenvalue weighted by Gasteiger charge is -2.15. The Morgan fingerprint density at radius 1 is 1.54 bits per heavy atom. The Morgan fingerprint density at radius 2 is 2.15 bits per heavy atom. The molecule has 0 bridgehead atoms. The molecule has 0 amide bonds. The minimum atomic E-state index is -3.02. The van der Waals surface area contributed by atoms with Crippen LogP contribution in [0.3, 0.4) is 0 Å². The summed E-state index contributed by atoms with van der Waals surface area (Å²) in [5, 5.41) is 2.47. The summed E-state index contributed by atoms with van der Waals surface area (Å²) in [5.41, 5.74) is 2.21. The maximum atomic E-state index is 11.1. The monoisotopic (exact) mass is 243 g/mol. The van der Waals surface area contributed by atoms with E-state index in [2.05, 4.69) is 10.7 Å². The number of hydrogen-bond acceptors (Lipinski definition) is 4. The van der Waals surface area contributed by atoms with Crippen molar-refractivity contribution in [2.45, 2.75) is 11.4 Å². The molecule has 2 atom stereocenters. The molecule has 76 valence electrons. The van der Waals surface area contributed by atoms with Gasteiger partial charge >= 0.3 is 0 Å². The molecule has 1 rings (SSSR count). The SMILES string of the molecule is NNC(=S)N[C@H]1CS(=O)(=O)C[C@H]1Cl. The van der Waals surface area contributed by atoms with Gasteiger partial charge in [-0.2, -0.15) is 0 Å². The summed E-state index contributed by atoms with van der Waals surface area (Å²) in [6.45, 7) is 0. The topological polar surface area (TPSA) is 84.2 Å². The van der Waals surface area contributed by atoms with E-state index in [1.165, 1.54) is 0 Å². The molecule has 5 nitrogen and oxygen atoms in total. The van der Waals surface area contributed by atoms with Gasteiger partial charge in [-0.1, -0.05) is 0 Å². The summed E-state index contributed by atoms with van der Waals surface area (Å²) in [6, 6.07) is -0.352. The number of nitrogens with one attached hydrogen (secondary N) is 2. The highest BCUT2D eigenvalue weighted by Crippen LogP contribution is 2.17. The standard InChI is InChI=1S/C5H10ClN3O2S2/c6-3-1-13(10,11)2-4(3)8-5(12)9-7/h3-4H,1-2,7H2,(H2,8,9,12)/t3-,4+/m1/s1. The highest BCUT2D eigenvalue weighted by atomic mass is 35.5. The van der Waals surface area contributed by atoms with Crippen molar-refractivity contribution in [3.05, 3.63) is 0 Å². The van der Waals surface area contributed by atoms with Crippen LogP contribution in [0.2, 0.25) is 0 Å². The molecule has 1 aliphatic heterocycles. The minimum absolute atomic E-state index is 0.00296. The van der Waals surface area contributed by atoms with E-state index in [4.69, 9.17) is 29.7 Å². The van der Waals surface area contributed by atoms with Crippen LogP contribution >= 0.6 is 23.8 Å². The molecular weight excluding hydrogens is 234 g/mol. The summed E-state index contributed by atoms with van der Waals surface area (Å²) < 4.78 is 22.2. The molecule has 0 unspecified atom stereocenters. The average Bonchev–Trinajstić information content (AvgIpc) is 2.24. The van der Waals surface area contributed by atoms with Crippen LogP contribution in [0.25, 0.3) is 0 Å². The van der Waals surface area contributed by atoms with Crippen LogP contribution in [0.4, 0.5) is 0 Å². The fourth-order valence-corrected chi connectivity index (χ4v) is 3.85. The van der Waals surface area contributed by atoms with Gasteiger partial charge in [0.1, 0.15) is 0 Å². The Kier molecular flexibility index (Phi) is 3.33. The molecule has 4 N–H and O–H groups in total. The van der Waals surface area contributed by atoms with Gasteiger partial charge in [0.15, 0.2) is 14.9 Å². The van der Waals surface area contributed by atoms with Gasteiger partial charge in [-0.25, -0.2) is 14.3 Å². The van der Waals surface area contributed by atoms with E-state index < -0.39 is 15.2 Å². The predicted molar refractivity (Wildman–Crippen MR) is 55.1 cm³/mol. The second-order valence-electron chi connectivity index (χ2n) is 2.82. The fraction of sp³-hybridized carbons (Fsp3) is 0.800. The van der Waals surface area contributed by atoms with Crippen molar-refractivity contribution in [3.8, 4) is 0 Å². The molecule has 1 fully saturated rings.